The zero-order valence-corrected chi connectivity index (χ0v) is 18.9. The highest BCUT2D eigenvalue weighted by molar-refractivity contribution is 6.30. The molecule has 0 bridgehead atoms. The van der Waals surface area contributed by atoms with Crippen LogP contribution in [-0.4, -0.2) is 70.1 Å². The van der Waals surface area contributed by atoms with Gasteiger partial charge in [-0.25, -0.2) is 14.2 Å². The minimum atomic E-state index is -1.23. The lowest BCUT2D eigenvalue weighted by atomic mass is 10.0. The van der Waals surface area contributed by atoms with E-state index in [0.717, 1.165) is 6.07 Å². The molecule has 0 radical (unpaired) electrons. The molecule has 33 heavy (non-hydrogen) atoms. The number of likely N-dealkylation sites (tertiary alicyclic amines) is 1. The number of aromatic carboxylic acids is 1. The lowest BCUT2D eigenvalue weighted by Crippen LogP contribution is -2.55. The van der Waals surface area contributed by atoms with Crippen LogP contribution in [0.25, 0.3) is 6.08 Å². The molecule has 1 aromatic carbocycles. The highest BCUT2D eigenvalue weighted by Gasteiger charge is 2.32. The van der Waals surface area contributed by atoms with Crippen molar-refractivity contribution < 1.29 is 28.6 Å². The number of carbonyl (C=O) groups is 3. The van der Waals surface area contributed by atoms with E-state index < -0.39 is 23.8 Å². The van der Waals surface area contributed by atoms with Crippen LogP contribution in [0, 0.1) is 5.82 Å². The van der Waals surface area contributed by atoms with Crippen molar-refractivity contribution in [3.05, 3.63) is 57.9 Å². The van der Waals surface area contributed by atoms with Gasteiger partial charge in [0.05, 0.1) is 23.4 Å². The summed E-state index contributed by atoms with van der Waals surface area (Å²) in [5.41, 5.74) is 0.597. The molecule has 0 spiro atoms. The molecule has 2 aromatic rings. The minimum Gasteiger partial charge on any atom is -0.478 e. The molecule has 3 rings (SSSR count). The van der Waals surface area contributed by atoms with Gasteiger partial charge < -0.3 is 25.0 Å². The Bertz CT molecular complexity index is 1090. The molecular weight excluding hydrogens is 455 g/mol. The number of carboxylic acid groups (broad SMARTS) is 1. The number of piperidine rings is 1. The molecule has 2 atom stereocenters. The fourth-order valence-corrected chi connectivity index (χ4v) is 3.81. The highest BCUT2D eigenvalue weighted by Crippen LogP contribution is 2.18. The minimum absolute atomic E-state index is 0.0994. The monoisotopic (exact) mass is 478 g/mol. The maximum Gasteiger partial charge on any atom is 0.335 e. The molecule has 0 saturated carbocycles. The summed E-state index contributed by atoms with van der Waals surface area (Å²) < 4.78 is 19.5. The third-order valence-electron chi connectivity index (χ3n) is 5.44. The van der Waals surface area contributed by atoms with Gasteiger partial charge in [-0.1, -0.05) is 24.6 Å². The smallest absolute Gasteiger partial charge is 0.335 e. The van der Waals surface area contributed by atoms with Crippen LogP contribution in [-0.2, 0) is 16.0 Å². The summed E-state index contributed by atoms with van der Waals surface area (Å²) in [7, 11) is 1.49. The van der Waals surface area contributed by atoms with E-state index in [4.69, 9.17) is 21.4 Å². The molecule has 9 nitrogen and oxygen atoms in total. The van der Waals surface area contributed by atoms with Gasteiger partial charge in [0.15, 0.2) is 11.0 Å². The van der Waals surface area contributed by atoms with E-state index in [1.807, 2.05) is 6.92 Å². The third-order valence-corrected chi connectivity index (χ3v) is 5.75. The number of hydrogen-bond donors (Lipinski definition) is 3. The molecule has 2 heterocycles. The van der Waals surface area contributed by atoms with E-state index in [1.165, 1.54) is 36.3 Å². The number of hydrogen-bond acceptors (Lipinski definition) is 5. The van der Waals surface area contributed by atoms with Crippen LogP contribution in [0.4, 0.5) is 4.39 Å². The van der Waals surface area contributed by atoms with Gasteiger partial charge >= 0.3 is 5.97 Å². The van der Waals surface area contributed by atoms with Crippen molar-refractivity contribution in [2.24, 2.45) is 0 Å². The molecule has 1 aliphatic heterocycles. The number of carboxylic acids is 1. The van der Waals surface area contributed by atoms with E-state index in [1.54, 1.807) is 0 Å². The first-order valence-corrected chi connectivity index (χ1v) is 10.7. The van der Waals surface area contributed by atoms with E-state index in [-0.39, 0.29) is 40.6 Å². The second kappa shape index (κ2) is 10.6. The van der Waals surface area contributed by atoms with Crippen LogP contribution in [0.5, 0.6) is 0 Å². The first kappa shape index (κ1) is 24.4. The number of nitrogens with one attached hydrogen (secondary N) is 2. The number of aromatic amines is 1. The van der Waals surface area contributed by atoms with Gasteiger partial charge in [0.1, 0.15) is 5.82 Å². The number of amides is 2. The Morgan fingerprint density at radius 1 is 1.42 bits per heavy atom. The number of H-pyrrole nitrogens is 1. The predicted molar refractivity (Wildman–Crippen MR) is 119 cm³/mol. The zero-order chi connectivity index (χ0) is 24.1. The third kappa shape index (κ3) is 5.77. The van der Waals surface area contributed by atoms with Crippen LogP contribution in [0.1, 0.15) is 45.6 Å². The number of halogens is 2. The van der Waals surface area contributed by atoms with Crippen molar-refractivity contribution in [2.75, 3.05) is 20.2 Å². The first-order valence-electron chi connectivity index (χ1n) is 10.3. The largest absolute Gasteiger partial charge is 0.478 e. The molecule has 11 heteroatoms. The summed E-state index contributed by atoms with van der Waals surface area (Å²) in [6.07, 6.45) is 3.12. The number of methoxy groups -OCH3 is 1. The Balaban J connectivity index is 1.61. The fourth-order valence-electron chi connectivity index (χ4n) is 3.55. The number of imidazole rings is 1. The summed E-state index contributed by atoms with van der Waals surface area (Å²) in [6, 6.07) is 3.12. The van der Waals surface area contributed by atoms with Gasteiger partial charge in [0.2, 0.25) is 5.91 Å². The van der Waals surface area contributed by atoms with Crippen molar-refractivity contribution in [3.8, 4) is 0 Å². The predicted octanol–water partition coefficient (Wildman–Crippen LogP) is 2.52. The Labute approximate surface area is 194 Å². The molecule has 1 fully saturated rings. The maximum absolute atomic E-state index is 14.1. The van der Waals surface area contributed by atoms with Gasteiger partial charge in [0, 0.05) is 31.8 Å². The van der Waals surface area contributed by atoms with Crippen molar-refractivity contribution in [2.45, 2.75) is 31.9 Å². The Morgan fingerprint density at radius 3 is 2.79 bits per heavy atom. The number of nitrogens with zero attached hydrogens (tertiary/aromatic N) is 2. The molecular formula is C22H24ClFN4O5. The molecule has 1 aromatic heterocycles. The average molecular weight is 479 g/mol. The lowest BCUT2D eigenvalue weighted by molar-refractivity contribution is -0.130. The zero-order valence-electron chi connectivity index (χ0n) is 18.1. The average Bonchev–Trinajstić information content (AvgIpc) is 3.18. The Hall–Kier alpha value is -3.24. The van der Waals surface area contributed by atoms with Crippen molar-refractivity contribution in [3.63, 3.8) is 0 Å². The number of rotatable bonds is 7. The van der Waals surface area contributed by atoms with Crippen LogP contribution in [0.15, 0.2) is 24.3 Å². The number of ether oxygens (including phenoxy) is 1. The summed E-state index contributed by atoms with van der Waals surface area (Å²) in [6.45, 7) is 2.47. The lowest BCUT2D eigenvalue weighted by Gasteiger charge is -2.37. The molecule has 3 N–H and O–H groups in total. The molecule has 2 unspecified atom stereocenters. The van der Waals surface area contributed by atoms with Crippen molar-refractivity contribution in [1.82, 2.24) is 20.2 Å². The topological polar surface area (TPSA) is 125 Å². The quantitative estimate of drug-likeness (QED) is 0.525. The normalized spacial score (nSPS) is 18.5. The van der Waals surface area contributed by atoms with Crippen molar-refractivity contribution >= 4 is 35.5 Å². The van der Waals surface area contributed by atoms with E-state index >= 15 is 0 Å². The second-order valence-electron chi connectivity index (χ2n) is 7.51. The number of carbonyl (C=O) groups excluding carboxylic acids is 2. The van der Waals surface area contributed by atoms with Gasteiger partial charge in [-0.15, -0.1) is 0 Å². The van der Waals surface area contributed by atoms with E-state index in [2.05, 4.69) is 15.3 Å². The Kier molecular flexibility index (Phi) is 7.83. The molecule has 1 aliphatic rings. The number of aryl methyl sites for hydroxylation is 1. The van der Waals surface area contributed by atoms with Crippen LogP contribution >= 0.6 is 11.6 Å². The standard InChI is InChI=1S/C22H24ClFN4O5/c1-3-15-19(23)27-20(25-15)21(30)26-16-8-9-28(11-17(16)33-2)18(29)7-6-12-4-5-13(22(31)32)10-14(12)24/h4-7,10,16-17H,3,8-9,11H2,1-2H3,(H,25,27)(H,26,30)(H,31,32)/b7-6-. The number of benzene rings is 1. The highest BCUT2D eigenvalue weighted by atomic mass is 35.5. The van der Waals surface area contributed by atoms with Gasteiger partial charge in [0.25, 0.3) is 5.91 Å². The fraction of sp³-hybridized carbons (Fsp3) is 0.364. The molecule has 1 saturated heterocycles. The first-order chi connectivity index (χ1) is 15.7. The van der Waals surface area contributed by atoms with Crippen molar-refractivity contribution in [1.29, 1.82) is 0 Å². The summed E-state index contributed by atoms with van der Waals surface area (Å²) in [5, 5.41) is 12.0. The maximum atomic E-state index is 14.1. The van der Waals surface area contributed by atoms with Gasteiger partial charge in [-0.2, -0.15) is 0 Å². The van der Waals surface area contributed by atoms with E-state index in [9.17, 15) is 18.8 Å². The van der Waals surface area contributed by atoms with Crippen LogP contribution < -0.4 is 5.32 Å². The molecule has 0 aliphatic carbocycles. The number of aromatic nitrogens is 2. The summed E-state index contributed by atoms with van der Waals surface area (Å²) >= 11 is 6.00. The van der Waals surface area contributed by atoms with Gasteiger partial charge in [-0.05, 0) is 31.1 Å². The van der Waals surface area contributed by atoms with Gasteiger partial charge in [-0.3, -0.25) is 9.59 Å². The van der Waals surface area contributed by atoms with Crippen LogP contribution in [0.3, 0.4) is 0 Å². The van der Waals surface area contributed by atoms with E-state index in [0.29, 0.717) is 25.1 Å². The summed E-state index contributed by atoms with van der Waals surface area (Å²) in [5.74, 6) is -2.62. The Morgan fingerprint density at radius 2 is 2.18 bits per heavy atom. The SMILES string of the molecule is CCc1[nH]c(C(=O)NC2CCN(C(=O)/C=C\c3ccc(C(=O)O)cc3F)CC2OC)nc1Cl. The van der Waals surface area contributed by atoms with Crippen LogP contribution in [0.2, 0.25) is 5.15 Å². The summed E-state index contributed by atoms with van der Waals surface area (Å²) in [4.78, 5) is 44.5. The molecule has 176 valence electrons. The second-order valence-corrected chi connectivity index (χ2v) is 7.87. The molecule has 2 amide bonds.